The lowest BCUT2D eigenvalue weighted by atomic mass is 10.2. The third-order valence-electron chi connectivity index (χ3n) is 2.84. The molecule has 1 aliphatic rings. The van der Waals surface area contributed by atoms with E-state index >= 15 is 0 Å². The average Bonchev–Trinajstić information content (AvgIpc) is 2.75. The second-order valence-corrected chi connectivity index (χ2v) is 6.17. The van der Waals surface area contributed by atoms with Gasteiger partial charge >= 0.3 is 0 Å². The van der Waals surface area contributed by atoms with E-state index in [0.29, 0.717) is 22.4 Å². The van der Waals surface area contributed by atoms with Crippen LogP contribution in [-0.2, 0) is 4.79 Å². The highest BCUT2D eigenvalue weighted by Gasteiger charge is 2.30. The van der Waals surface area contributed by atoms with Crippen molar-refractivity contribution in [2.45, 2.75) is 13.3 Å². The lowest BCUT2D eigenvalue weighted by molar-refractivity contribution is -0.121. The van der Waals surface area contributed by atoms with E-state index < -0.39 is 0 Å². The van der Waals surface area contributed by atoms with E-state index in [1.54, 1.807) is 11.0 Å². The Morgan fingerprint density at radius 2 is 2.10 bits per heavy atom. The summed E-state index contributed by atoms with van der Waals surface area (Å²) in [6.07, 6.45) is 4.51. The van der Waals surface area contributed by atoms with Crippen LogP contribution in [0.15, 0.2) is 41.8 Å². The standard InChI is InChI=1S/C16H17NO2S2/c1-3-9-17-15(18)14(21-16(17)20)11-12-5-7-13(8-6-12)19-10-4-2/h3,5-8,11H,1,4,9-10H2,2H3/b14-11-. The molecule has 0 bridgehead atoms. The van der Waals surface area contributed by atoms with Crippen molar-refractivity contribution < 1.29 is 9.53 Å². The molecule has 1 aromatic rings. The van der Waals surface area contributed by atoms with Gasteiger partial charge in [-0.3, -0.25) is 9.69 Å². The first-order chi connectivity index (χ1) is 10.2. The van der Waals surface area contributed by atoms with E-state index in [1.807, 2.05) is 30.3 Å². The molecular formula is C16H17NO2S2. The summed E-state index contributed by atoms with van der Waals surface area (Å²) in [4.78, 5) is 14.4. The third-order valence-corrected chi connectivity index (χ3v) is 4.21. The van der Waals surface area contributed by atoms with Crippen LogP contribution in [0.1, 0.15) is 18.9 Å². The first kappa shape index (κ1) is 15.8. The van der Waals surface area contributed by atoms with Gasteiger partial charge in [0.05, 0.1) is 11.5 Å². The first-order valence-corrected chi connectivity index (χ1v) is 7.97. The number of rotatable bonds is 6. The summed E-state index contributed by atoms with van der Waals surface area (Å²) in [5.41, 5.74) is 0.956. The van der Waals surface area contributed by atoms with Gasteiger partial charge in [-0.15, -0.1) is 6.58 Å². The van der Waals surface area contributed by atoms with Crippen molar-refractivity contribution in [1.29, 1.82) is 0 Å². The molecule has 1 aliphatic heterocycles. The van der Waals surface area contributed by atoms with Crippen molar-refractivity contribution in [2.24, 2.45) is 0 Å². The van der Waals surface area contributed by atoms with Gasteiger partial charge in [0.1, 0.15) is 10.1 Å². The molecule has 2 rings (SSSR count). The number of hydrogen-bond donors (Lipinski definition) is 0. The van der Waals surface area contributed by atoms with Crippen LogP contribution < -0.4 is 4.74 Å². The van der Waals surface area contributed by atoms with Crippen molar-refractivity contribution >= 4 is 40.3 Å². The van der Waals surface area contributed by atoms with Gasteiger partial charge in [-0.25, -0.2) is 0 Å². The Hall–Kier alpha value is -1.59. The predicted octanol–water partition coefficient (Wildman–Crippen LogP) is 3.86. The molecule has 1 amide bonds. The number of hydrogen-bond acceptors (Lipinski definition) is 4. The summed E-state index contributed by atoms with van der Waals surface area (Å²) in [7, 11) is 0. The van der Waals surface area contributed by atoms with E-state index in [9.17, 15) is 4.79 Å². The fraction of sp³-hybridized carbons (Fsp3) is 0.250. The second-order valence-electron chi connectivity index (χ2n) is 4.50. The minimum atomic E-state index is -0.0591. The van der Waals surface area contributed by atoms with E-state index in [4.69, 9.17) is 17.0 Å². The Morgan fingerprint density at radius 3 is 2.71 bits per heavy atom. The Labute approximate surface area is 134 Å². The number of nitrogens with zero attached hydrogens (tertiary/aromatic N) is 1. The van der Waals surface area contributed by atoms with Gasteiger partial charge in [0.15, 0.2) is 0 Å². The lowest BCUT2D eigenvalue weighted by Crippen LogP contribution is -2.27. The van der Waals surface area contributed by atoms with Crippen LogP contribution >= 0.6 is 24.0 Å². The number of ether oxygens (including phenoxy) is 1. The minimum Gasteiger partial charge on any atom is -0.494 e. The molecule has 0 aliphatic carbocycles. The van der Waals surface area contributed by atoms with Crippen LogP contribution in [0.25, 0.3) is 6.08 Å². The van der Waals surface area contributed by atoms with Crippen LogP contribution in [-0.4, -0.2) is 28.3 Å². The van der Waals surface area contributed by atoms with E-state index in [0.717, 1.165) is 17.7 Å². The van der Waals surface area contributed by atoms with Crippen molar-refractivity contribution in [3.8, 4) is 5.75 Å². The van der Waals surface area contributed by atoms with Crippen LogP contribution in [0.5, 0.6) is 5.75 Å². The number of thioether (sulfide) groups is 1. The van der Waals surface area contributed by atoms with Gasteiger partial charge in [0, 0.05) is 6.54 Å². The zero-order valence-electron chi connectivity index (χ0n) is 11.9. The molecule has 1 aromatic carbocycles. The third kappa shape index (κ3) is 3.95. The van der Waals surface area contributed by atoms with Gasteiger partial charge in [-0.05, 0) is 30.2 Å². The summed E-state index contributed by atoms with van der Waals surface area (Å²) in [5, 5.41) is 0. The summed E-state index contributed by atoms with van der Waals surface area (Å²) >= 11 is 6.53. The smallest absolute Gasteiger partial charge is 0.266 e. The molecule has 21 heavy (non-hydrogen) atoms. The monoisotopic (exact) mass is 319 g/mol. The summed E-state index contributed by atoms with van der Waals surface area (Å²) in [5.74, 6) is 0.782. The van der Waals surface area contributed by atoms with Crippen molar-refractivity contribution in [2.75, 3.05) is 13.2 Å². The number of amides is 1. The Balaban J connectivity index is 2.11. The van der Waals surface area contributed by atoms with Gasteiger partial charge in [0.2, 0.25) is 0 Å². The zero-order valence-corrected chi connectivity index (χ0v) is 13.5. The molecule has 1 fully saturated rings. The van der Waals surface area contributed by atoms with Crippen molar-refractivity contribution in [3.63, 3.8) is 0 Å². The fourth-order valence-electron chi connectivity index (χ4n) is 1.82. The Kier molecular flexibility index (Phi) is 5.59. The lowest BCUT2D eigenvalue weighted by Gasteiger charge is -2.10. The van der Waals surface area contributed by atoms with Crippen molar-refractivity contribution in [1.82, 2.24) is 4.90 Å². The fourth-order valence-corrected chi connectivity index (χ4v) is 3.09. The van der Waals surface area contributed by atoms with E-state index in [-0.39, 0.29) is 5.91 Å². The highest BCUT2D eigenvalue weighted by atomic mass is 32.2. The highest BCUT2D eigenvalue weighted by Crippen LogP contribution is 2.32. The molecule has 0 unspecified atom stereocenters. The topological polar surface area (TPSA) is 29.5 Å². The maximum absolute atomic E-state index is 12.2. The van der Waals surface area contributed by atoms with Crippen LogP contribution in [0.2, 0.25) is 0 Å². The largest absolute Gasteiger partial charge is 0.494 e. The molecule has 0 N–H and O–H groups in total. The van der Waals surface area contributed by atoms with E-state index in [2.05, 4.69) is 13.5 Å². The average molecular weight is 319 g/mol. The maximum Gasteiger partial charge on any atom is 0.266 e. The Morgan fingerprint density at radius 1 is 1.38 bits per heavy atom. The molecule has 0 atom stereocenters. The molecule has 5 heteroatoms. The summed E-state index contributed by atoms with van der Waals surface area (Å²) < 4.78 is 6.11. The normalized spacial score (nSPS) is 16.6. The number of carbonyl (C=O) groups excluding carboxylic acids is 1. The summed E-state index contributed by atoms with van der Waals surface area (Å²) in [6.45, 7) is 6.87. The molecule has 0 radical (unpaired) electrons. The number of benzene rings is 1. The van der Waals surface area contributed by atoms with Gasteiger partial charge in [0.25, 0.3) is 5.91 Å². The van der Waals surface area contributed by atoms with Crippen LogP contribution in [0.3, 0.4) is 0 Å². The van der Waals surface area contributed by atoms with Crippen LogP contribution in [0, 0.1) is 0 Å². The zero-order chi connectivity index (χ0) is 15.2. The first-order valence-electron chi connectivity index (χ1n) is 6.75. The molecule has 1 heterocycles. The second kappa shape index (κ2) is 7.43. The molecule has 0 aromatic heterocycles. The molecule has 0 spiro atoms. The maximum atomic E-state index is 12.2. The minimum absolute atomic E-state index is 0.0591. The molecular weight excluding hydrogens is 302 g/mol. The predicted molar refractivity (Wildman–Crippen MR) is 92.3 cm³/mol. The van der Waals surface area contributed by atoms with Gasteiger partial charge in [-0.2, -0.15) is 0 Å². The number of thiocarbonyl (C=S) groups is 1. The molecule has 0 saturated carbocycles. The molecule has 1 saturated heterocycles. The quantitative estimate of drug-likeness (QED) is 0.452. The van der Waals surface area contributed by atoms with Gasteiger partial charge < -0.3 is 4.74 Å². The molecule has 110 valence electrons. The highest BCUT2D eigenvalue weighted by molar-refractivity contribution is 8.26. The van der Waals surface area contributed by atoms with Crippen molar-refractivity contribution in [3.05, 3.63) is 47.4 Å². The summed E-state index contributed by atoms with van der Waals surface area (Å²) in [6, 6.07) is 7.69. The Bertz CT molecular complexity index is 578. The molecule has 3 nitrogen and oxygen atoms in total. The SMILES string of the molecule is C=CCN1C(=O)/C(=C/c2ccc(OCCC)cc2)SC1=S. The van der Waals surface area contributed by atoms with Crippen LogP contribution in [0.4, 0.5) is 0 Å². The van der Waals surface area contributed by atoms with E-state index in [1.165, 1.54) is 11.8 Å². The van der Waals surface area contributed by atoms with Gasteiger partial charge in [-0.1, -0.05) is 49.1 Å². The number of carbonyl (C=O) groups is 1.